The Labute approximate surface area is 169 Å². The van der Waals surface area contributed by atoms with Gasteiger partial charge in [0.2, 0.25) is 0 Å². The molecular formula is C17H13ClN4O3S2. The van der Waals surface area contributed by atoms with Crippen molar-refractivity contribution in [1.29, 1.82) is 0 Å². The largest absolute Gasteiger partial charge is 0.487 e. The highest BCUT2D eigenvalue weighted by atomic mass is 35.5. The molecule has 10 heteroatoms. The molecule has 0 saturated carbocycles. The van der Waals surface area contributed by atoms with Gasteiger partial charge in [-0.3, -0.25) is 19.8 Å². The molecule has 1 fully saturated rings. The van der Waals surface area contributed by atoms with E-state index in [1.165, 1.54) is 17.1 Å². The van der Waals surface area contributed by atoms with E-state index in [9.17, 15) is 9.59 Å². The number of hydrogen-bond acceptors (Lipinski definition) is 7. The summed E-state index contributed by atoms with van der Waals surface area (Å²) in [7, 11) is 0. The van der Waals surface area contributed by atoms with E-state index >= 15 is 0 Å². The summed E-state index contributed by atoms with van der Waals surface area (Å²) in [6.07, 6.45) is 3.04. The Balaban J connectivity index is 1.73. The van der Waals surface area contributed by atoms with Crippen LogP contribution in [0.5, 0.6) is 5.75 Å². The third kappa shape index (κ3) is 4.38. The normalized spacial score (nSPS) is 15.8. The number of ether oxygens (including phenoxy) is 1. The summed E-state index contributed by atoms with van der Waals surface area (Å²) in [5.41, 5.74) is 1.23. The molecule has 2 aromatic rings. The number of carbonyl (C=O) groups excluding carboxylic acids is 2. The van der Waals surface area contributed by atoms with Crippen LogP contribution in [0.15, 0.2) is 42.5 Å². The predicted molar refractivity (Wildman–Crippen MR) is 106 cm³/mol. The van der Waals surface area contributed by atoms with Crippen molar-refractivity contribution in [2.75, 3.05) is 6.54 Å². The molecule has 2 amide bonds. The fourth-order valence-corrected chi connectivity index (χ4v) is 3.10. The molecular weight excluding hydrogens is 408 g/mol. The number of benzene rings is 1. The van der Waals surface area contributed by atoms with E-state index < -0.39 is 11.8 Å². The van der Waals surface area contributed by atoms with Crippen LogP contribution in [0, 0.1) is 0 Å². The van der Waals surface area contributed by atoms with Gasteiger partial charge in [-0.25, -0.2) is 0 Å². The lowest BCUT2D eigenvalue weighted by Crippen LogP contribution is -2.53. The van der Waals surface area contributed by atoms with Gasteiger partial charge in [0.15, 0.2) is 5.11 Å². The minimum atomic E-state index is -0.531. The van der Waals surface area contributed by atoms with E-state index in [4.69, 9.17) is 28.6 Å². The molecule has 27 heavy (non-hydrogen) atoms. The van der Waals surface area contributed by atoms with Crippen LogP contribution in [0.2, 0.25) is 4.34 Å². The average Bonchev–Trinajstić information content (AvgIpc) is 3.06. The van der Waals surface area contributed by atoms with Crippen LogP contribution in [-0.4, -0.2) is 38.0 Å². The van der Waals surface area contributed by atoms with Gasteiger partial charge in [-0.2, -0.15) is 0 Å². The number of nitrogens with one attached hydrogen (secondary N) is 1. The smallest absolute Gasteiger partial charge is 0.265 e. The van der Waals surface area contributed by atoms with Gasteiger partial charge in [-0.05, 0) is 36.0 Å². The van der Waals surface area contributed by atoms with E-state index in [-0.39, 0.29) is 23.8 Å². The van der Waals surface area contributed by atoms with E-state index in [2.05, 4.69) is 21.5 Å². The van der Waals surface area contributed by atoms with Crippen LogP contribution in [0.4, 0.5) is 0 Å². The van der Waals surface area contributed by atoms with Crippen molar-refractivity contribution in [3.63, 3.8) is 0 Å². The molecule has 1 N–H and O–H groups in total. The van der Waals surface area contributed by atoms with Crippen LogP contribution in [-0.2, 0) is 16.2 Å². The molecule has 1 saturated heterocycles. The highest BCUT2D eigenvalue weighted by Gasteiger charge is 2.32. The van der Waals surface area contributed by atoms with Crippen molar-refractivity contribution in [3.05, 3.63) is 58.1 Å². The number of halogens is 1. The number of nitrogens with zero attached hydrogens (tertiary/aromatic N) is 3. The lowest BCUT2D eigenvalue weighted by Gasteiger charge is -2.27. The van der Waals surface area contributed by atoms with E-state index in [1.54, 1.807) is 24.3 Å². The van der Waals surface area contributed by atoms with E-state index in [1.807, 2.05) is 0 Å². The maximum Gasteiger partial charge on any atom is 0.265 e. The molecule has 0 radical (unpaired) electrons. The zero-order chi connectivity index (χ0) is 19.4. The summed E-state index contributed by atoms with van der Waals surface area (Å²) in [4.78, 5) is 25.9. The van der Waals surface area contributed by atoms with Crippen LogP contribution in [0.3, 0.4) is 0 Å². The average molecular weight is 421 g/mol. The summed E-state index contributed by atoms with van der Waals surface area (Å²) < 4.78 is 9.82. The molecule has 0 atom stereocenters. The predicted octanol–water partition coefficient (Wildman–Crippen LogP) is 2.58. The van der Waals surface area contributed by atoms with Crippen molar-refractivity contribution in [2.24, 2.45) is 0 Å². The first-order valence-corrected chi connectivity index (χ1v) is 9.25. The molecule has 1 aliphatic heterocycles. The summed E-state index contributed by atoms with van der Waals surface area (Å²) in [6.45, 7) is 4.00. The monoisotopic (exact) mass is 420 g/mol. The van der Waals surface area contributed by atoms with Crippen LogP contribution < -0.4 is 10.1 Å². The quantitative estimate of drug-likeness (QED) is 0.334. The molecule has 1 aromatic carbocycles. The Hall–Kier alpha value is -2.62. The lowest BCUT2D eigenvalue weighted by molar-refractivity contribution is -0.128. The molecule has 0 spiro atoms. The first-order valence-electron chi connectivity index (χ1n) is 7.69. The Kier molecular flexibility index (Phi) is 5.94. The molecule has 0 bridgehead atoms. The number of hydrogen-bond donors (Lipinski definition) is 1. The molecule has 0 unspecified atom stereocenters. The molecule has 2 heterocycles. The summed E-state index contributed by atoms with van der Waals surface area (Å²) >= 11 is 12.0. The Morgan fingerprint density at radius 3 is 2.70 bits per heavy atom. The SMILES string of the molecule is C=CCN1C(=O)/C(=C/c2ccc(OCc3nnsc3Cl)cc2)C(=O)NC1=S. The standard InChI is InChI=1S/C17H13ClN4O3S2/c1-2-7-22-16(24)12(15(23)19-17(22)26)8-10-3-5-11(6-4-10)25-9-13-14(18)27-21-20-13/h2-6,8H,1,7,9H2,(H,19,23,26)/b12-8+. The van der Waals surface area contributed by atoms with Gasteiger partial charge in [-0.1, -0.05) is 34.3 Å². The third-order valence-electron chi connectivity index (χ3n) is 3.57. The second-order valence-electron chi connectivity index (χ2n) is 5.37. The molecule has 0 aliphatic carbocycles. The van der Waals surface area contributed by atoms with Gasteiger partial charge in [0.25, 0.3) is 11.8 Å². The van der Waals surface area contributed by atoms with Crippen molar-refractivity contribution in [2.45, 2.75) is 6.61 Å². The first-order chi connectivity index (χ1) is 13.0. The topological polar surface area (TPSA) is 84.4 Å². The first kappa shape index (κ1) is 19.2. The number of thiocarbonyl (C=S) groups is 1. The summed E-state index contributed by atoms with van der Waals surface area (Å²) in [5, 5.41) is 6.44. The van der Waals surface area contributed by atoms with Crippen LogP contribution in [0.1, 0.15) is 11.3 Å². The minimum Gasteiger partial charge on any atom is -0.487 e. The second kappa shape index (κ2) is 8.38. The molecule has 1 aromatic heterocycles. The van der Waals surface area contributed by atoms with Gasteiger partial charge < -0.3 is 4.74 Å². The summed E-state index contributed by atoms with van der Waals surface area (Å²) in [6, 6.07) is 6.90. The van der Waals surface area contributed by atoms with Crippen molar-refractivity contribution in [1.82, 2.24) is 19.8 Å². The molecule has 1 aliphatic rings. The Morgan fingerprint density at radius 2 is 2.07 bits per heavy atom. The summed E-state index contributed by atoms with van der Waals surface area (Å²) in [5.74, 6) is -0.402. The molecule has 7 nitrogen and oxygen atoms in total. The Morgan fingerprint density at radius 1 is 1.33 bits per heavy atom. The van der Waals surface area contributed by atoms with Crippen molar-refractivity contribution in [3.8, 4) is 5.75 Å². The molecule has 138 valence electrons. The van der Waals surface area contributed by atoms with Gasteiger partial charge in [0, 0.05) is 18.1 Å². The van der Waals surface area contributed by atoms with Crippen molar-refractivity contribution >= 4 is 58.4 Å². The maximum atomic E-state index is 12.5. The number of rotatable bonds is 6. The van der Waals surface area contributed by atoms with E-state index in [0.717, 1.165) is 11.5 Å². The van der Waals surface area contributed by atoms with Crippen LogP contribution in [0.25, 0.3) is 6.08 Å². The van der Waals surface area contributed by atoms with Crippen LogP contribution >= 0.6 is 35.4 Å². The van der Waals surface area contributed by atoms with E-state index in [0.29, 0.717) is 21.3 Å². The second-order valence-corrected chi connectivity index (χ2v) is 7.12. The fourth-order valence-electron chi connectivity index (χ4n) is 2.25. The lowest BCUT2D eigenvalue weighted by atomic mass is 10.1. The molecule has 3 rings (SSSR count). The minimum absolute atomic E-state index is 0.000511. The zero-order valence-corrected chi connectivity index (χ0v) is 16.2. The number of amides is 2. The van der Waals surface area contributed by atoms with Gasteiger partial charge in [0.1, 0.15) is 28.0 Å². The maximum absolute atomic E-state index is 12.5. The van der Waals surface area contributed by atoms with Gasteiger partial charge >= 0.3 is 0 Å². The fraction of sp³-hybridized carbons (Fsp3) is 0.118. The number of carbonyl (C=O) groups is 2. The van der Waals surface area contributed by atoms with Gasteiger partial charge in [0.05, 0.1) is 0 Å². The number of aromatic nitrogens is 2. The van der Waals surface area contributed by atoms with Gasteiger partial charge in [-0.15, -0.1) is 11.7 Å². The zero-order valence-electron chi connectivity index (χ0n) is 13.8. The van der Waals surface area contributed by atoms with Crippen molar-refractivity contribution < 1.29 is 14.3 Å². The highest BCUT2D eigenvalue weighted by molar-refractivity contribution is 7.80. The highest BCUT2D eigenvalue weighted by Crippen LogP contribution is 2.21. The Bertz CT molecular complexity index is 940. The third-order valence-corrected chi connectivity index (χ3v) is 4.88.